The van der Waals surface area contributed by atoms with E-state index < -0.39 is 8.80 Å². The Hall–Kier alpha value is -1.72. The van der Waals surface area contributed by atoms with Crippen molar-refractivity contribution >= 4 is 14.9 Å². The highest BCUT2D eigenvalue weighted by molar-refractivity contribution is 6.62. The molecule has 30 heavy (non-hydrogen) atoms. The van der Waals surface area contributed by atoms with E-state index in [0.29, 0.717) is 23.7 Å². The minimum absolute atomic E-state index is 0.266. The molecule has 5 atom stereocenters. The quantitative estimate of drug-likeness (QED) is 0.344. The molecule has 162 valence electrons. The molecular formula is C26H36O3Si. The zero-order valence-corrected chi connectivity index (χ0v) is 19.7. The van der Waals surface area contributed by atoms with E-state index in [1.807, 2.05) is 6.07 Å². The van der Waals surface area contributed by atoms with Crippen LogP contribution in [0.2, 0.25) is 5.54 Å². The molecule has 1 aromatic carbocycles. The van der Waals surface area contributed by atoms with Gasteiger partial charge in [-0.05, 0) is 55.4 Å². The molecule has 0 radical (unpaired) electrons. The largest absolute Gasteiger partial charge is 0.504 e. The Labute approximate surface area is 183 Å². The van der Waals surface area contributed by atoms with E-state index in [1.54, 1.807) is 21.3 Å². The second-order valence-electron chi connectivity index (χ2n) is 8.35. The number of hydrogen-bond donors (Lipinski definition) is 0. The minimum atomic E-state index is -2.72. The van der Waals surface area contributed by atoms with Crippen LogP contribution in [0.4, 0.5) is 0 Å². The number of hydrogen-bond acceptors (Lipinski definition) is 3. The molecule has 0 spiro atoms. The van der Waals surface area contributed by atoms with Crippen molar-refractivity contribution in [2.24, 2.45) is 23.7 Å². The topological polar surface area (TPSA) is 27.7 Å². The first-order chi connectivity index (χ1) is 14.6. The predicted octanol–water partition coefficient (Wildman–Crippen LogP) is 6.30. The van der Waals surface area contributed by atoms with Crippen LogP contribution < -0.4 is 0 Å². The van der Waals surface area contributed by atoms with Crippen molar-refractivity contribution in [3.63, 3.8) is 0 Å². The minimum Gasteiger partial charge on any atom is -0.377 e. The van der Waals surface area contributed by atoms with Crippen LogP contribution in [0.15, 0.2) is 72.9 Å². The second-order valence-corrected chi connectivity index (χ2v) is 11.5. The maximum atomic E-state index is 5.89. The summed E-state index contributed by atoms with van der Waals surface area (Å²) >= 11 is 0. The highest BCUT2D eigenvalue weighted by Gasteiger charge is 2.53. The Morgan fingerprint density at radius 1 is 0.800 bits per heavy atom. The van der Waals surface area contributed by atoms with Gasteiger partial charge in [0.2, 0.25) is 0 Å². The van der Waals surface area contributed by atoms with Crippen LogP contribution in [-0.4, -0.2) is 30.1 Å². The molecule has 1 saturated carbocycles. The molecule has 3 nitrogen and oxygen atoms in total. The van der Waals surface area contributed by atoms with Crippen LogP contribution in [0.5, 0.6) is 0 Å². The van der Waals surface area contributed by atoms with Crippen LogP contribution in [0.3, 0.4) is 0 Å². The summed E-state index contributed by atoms with van der Waals surface area (Å²) in [4.78, 5) is 0. The Morgan fingerprint density at radius 3 is 2.10 bits per heavy atom. The molecule has 3 rings (SSSR count). The lowest BCUT2D eigenvalue weighted by Gasteiger charge is -2.32. The van der Waals surface area contributed by atoms with Crippen molar-refractivity contribution in [3.05, 3.63) is 78.4 Å². The van der Waals surface area contributed by atoms with Crippen LogP contribution in [0.1, 0.15) is 31.7 Å². The zero-order valence-electron chi connectivity index (χ0n) is 18.7. The number of benzene rings is 1. The molecule has 0 N–H and O–H groups in total. The zero-order chi connectivity index (χ0) is 21.4. The van der Waals surface area contributed by atoms with E-state index in [-0.39, 0.29) is 5.54 Å². The molecule has 1 aromatic rings. The van der Waals surface area contributed by atoms with Crippen LogP contribution in [0.25, 0.3) is 6.08 Å². The van der Waals surface area contributed by atoms with Gasteiger partial charge in [-0.15, -0.1) is 0 Å². The second kappa shape index (κ2) is 11.1. The van der Waals surface area contributed by atoms with Crippen molar-refractivity contribution in [1.29, 1.82) is 0 Å². The van der Waals surface area contributed by atoms with Gasteiger partial charge in [-0.2, -0.15) is 0 Å². The first kappa shape index (κ1) is 23.0. The van der Waals surface area contributed by atoms with E-state index in [4.69, 9.17) is 13.3 Å². The molecule has 0 aliphatic heterocycles. The SMILES string of the molecule is C/C=C/C1C=CC(/C=C/C2CC(/C=C/c3ccccc3)C([Si](OC)(OC)OC)C2)C1. The summed E-state index contributed by atoms with van der Waals surface area (Å²) in [5, 5.41) is 0. The molecule has 2 aliphatic rings. The van der Waals surface area contributed by atoms with Crippen molar-refractivity contribution in [3.8, 4) is 0 Å². The van der Waals surface area contributed by atoms with E-state index in [0.717, 1.165) is 12.8 Å². The molecular weight excluding hydrogens is 388 g/mol. The fourth-order valence-electron chi connectivity index (χ4n) is 4.98. The van der Waals surface area contributed by atoms with Crippen molar-refractivity contribution in [2.75, 3.05) is 21.3 Å². The molecule has 0 saturated heterocycles. The monoisotopic (exact) mass is 424 g/mol. The third-order valence-corrected chi connectivity index (χ3v) is 9.79. The van der Waals surface area contributed by atoms with Gasteiger partial charge in [-0.25, -0.2) is 0 Å². The molecule has 5 unspecified atom stereocenters. The normalized spacial score (nSPS) is 29.8. The third-order valence-electron chi connectivity index (χ3n) is 6.51. The van der Waals surface area contributed by atoms with Gasteiger partial charge in [0.05, 0.1) is 0 Å². The van der Waals surface area contributed by atoms with E-state index in [9.17, 15) is 0 Å². The molecule has 0 bridgehead atoms. The summed E-state index contributed by atoms with van der Waals surface area (Å²) in [6.07, 6.45) is 21.8. The Kier molecular flexibility index (Phi) is 8.46. The highest BCUT2D eigenvalue weighted by Crippen LogP contribution is 2.48. The van der Waals surface area contributed by atoms with Gasteiger partial charge >= 0.3 is 8.80 Å². The lowest BCUT2D eigenvalue weighted by atomic mass is 9.98. The summed E-state index contributed by atoms with van der Waals surface area (Å²) in [5.74, 6) is 2.01. The van der Waals surface area contributed by atoms with Gasteiger partial charge in [0.25, 0.3) is 0 Å². The van der Waals surface area contributed by atoms with Gasteiger partial charge in [0.1, 0.15) is 0 Å². The fourth-order valence-corrected chi connectivity index (χ4v) is 7.75. The smallest absolute Gasteiger partial charge is 0.377 e. The first-order valence-corrected chi connectivity index (χ1v) is 12.8. The summed E-state index contributed by atoms with van der Waals surface area (Å²) in [5.41, 5.74) is 1.49. The maximum absolute atomic E-state index is 5.89. The summed E-state index contributed by atoms with van der Waals surface area (Å²) in [6.45, 7) is 2.09. The van der Waals surface area contributed by atoms with Gasteiger partial charge < -0.3 is 13.3 Å². The van der Waals surface area contributed by atoms with Gasteiger partial charge in [-0.3, -0.25) is 0 Å². The van der Waals surface area contributed by atoms with E-state index in [1.165, 1.54) is 12.0 Å². The summed E-state index contributed by atoms with van der Waals surface area (Å²) < 4.78 is 17.7. The van der Waals surface area contributed by atoms with E-state index in [2.05, 4.69) is 79.8 Å². The summed E-state index contributed by atoms with van der Waals surface area (Å²) in [6, 6.07) is 10.5. The number of allylic oxidation sites excluding steroid dienone is 7. The standard InChI is InChI=1S/C26H36O3Si/c1-5-9-22-12-13-23(18-22)14-15-24-19-25(17-16-21-10-7-6-8-11-21)26(20-24)30(27-2,28-3)29-4/h5-17,22-26H,18-20H2,1-4H3/b9-5+,15-14+,17-16+. The van der Waals surface area contributed by atoms with Crippen molar-refractivity contribution in [2.45, 2.75) is 31.7 Å². The number of rotatable bonds is 9. The predicted molar refractivity (Wildman–Crippen MR) is 127 cm³/mol. The van der Waals surface area contributed by atoms with Gasteiger partial charge in [0.15, 0.2) is 0 Å². The van der Waals surface area contributed by atoms with Crippen molar-refractivity contribution in [1.82, 2.24) is 0 Å². The molecule has 0 aromatic heterocycles. The lowest BCUT2D eigenvalue weighted by Crippen LogP contribution is -2.48. The van der Waals surface area contributed by atoms with E-state index >= 15 is 0 Å². The molecule has 0 heterocycles. The van der Waals surface area contributed by atoms with Crippen molar-refractivity contribution < 1.29 is 13.3 Å². The molecule has 0 amide bonds. The summed E-state index contributed by atoms with van der Waals surface area (Å²) in [7, 11) is 2.46. The highest BCUT2D eigenvalue weighted by atomic mass is 28.4. The molecule has 4 heteroatoms. The fraction of sp³-hybridized carbons (Fsp3) is 0.462. The van der Waals surface area contributed by atoms with Crippen LogP contribution in [-0.2, 0) is 13.3 Å². The van der Waals surface area contributed by atoms with Gasteiger partial charge in [-0.1, -0.05) is 78.9 Å². The average Bonchev–Trinajstić information content (AvgIpc) is 3.41. The van der Waals surface area contributed by atoms with Crippen LogP contribution >= 0.6 is 0 Å². The van der Waals surface area contributed by atoms with Gasteiger partial charge in [0, 0.05) is 26.9 Å². The molecule has 2 aliphatic carbocycles. The average molecular weight is 425 g/mol. The third kappa shape index (κ3) is 5.49. The lowest BCUT2D eigenvalue weighted by molar-refractivity contribution is 0.107. The maximum Gasteiger partial charge on any atom is 0.504 e. The van der Waals surface area contributed by atoms with Crippen LogP contribution in [0, 0.1) is 23.7 Å². The Bertz CT molecular complexity index is 755. The Balaban J connectivity index is 1.73. The molecule has 1 fully saturated rings. The first-order valence-electron chi connectivity index (χ1n) is 11.0. The Morgan fingerprint density at radius 2 is 1.47 bits per heavy atom.